The Morgan fingerprint density at radius 3 is 2.55 bits per heavy atom. The zero-order valence-electron chi connectivity index (χ0n) is 18.1. The Hall–Kier alpha value is -1.85. The minimum atomic E-state index is 0.144. The lowest BCUT2D eigenvalue weighted by atomic mass is 9.84. The van der Waals surface area contributed by atoms with Crippen molar-refractivity contribution in [3.05, 3.63) is 56.7 Å². The standard InChI is InChI=1S/C25H31ClN4O/c26-18-2-5-19(6-3-18)29-11-13-30(14-12-29)20-4-1-17(15-20)23-27-22-7-8-25(9-10-25)16-21(22)24(31)28-23/h2-3,5-6,17,20H,1,4,7-16H2,(H,27,28,31)/t17-,20-/m1/s1. The minimum Gasteiger partial charge on any atom is -0.369 e. The van der Waals surface area contributed by atoms with Crippen molar-refractivity contribution < 1.29 is 0 Å². The van der Waals surface area contributed by atoms with E-state index < -0.39 is 0 Å². The molecule has 1 N–H and O–H groups in total. The average Bonchev–Trinajstić information content (AvgIpc) is 3.35. The Labute approximate surface area is 188 Å². The van der Waals surface area contributed by atoms with E-state index in [1.807, 2.05) is 12.1 Å². The van der Waals surface area contributed by atoms with Gasteiger partial charge in [0.1, 0.15) is 5.82 Å². The van der Waals surface area contributed by atoms with Gasteiger partial charge in [0.15, 0.2) is 0 Å². The molecule has 2 heterocycles. The first-order valence-electron chi connectivity index (χ1n) is 12.0. The van der Waals surface area contributed by atoms with Crippen molar-refractivity contribution in [3.63, 3.8) is 0 Å². The largest absolute Gasteiger partial charge is 0.369 e. The highest BCUT2D eigenvalue weighted by atomic mass is 35.5. The number of nitrogens with one attached hydrogen (secondary N) is 1. The van der Waals surface area contributed by atoms with Gasteiger partial charge in [0.05, 0.1) is 5.69 Å². The highest BCUT2D eigenvalue weighted by Crippen LogP contribution is 2.54. The van der Waals surface area contributed by atoms with Gasteiger partial charge in [-0.25, -0.2) is 4.98 Å². The number of hydrogen-bond acceptors (Lipinski definition) is 4. The van der Waals surface area contributed by atoms with Gasteiger partial charge in [-0.3, -0.25) is 9.69 Å². The van der Waals surface area contributed by atoms with Crippen LogP contribution in [0.2, 0.25) is 5.02 Å². The van der Waals surface area contributed by atoms with Crippen LogP contribution in [0.4, 0.5) is 5.69 Å². The molecule has 3 fully saturated rings. The number of aromatic amines is 1. The summed E-state index contributed by atoms with van der Waals surface area (Å²) < 4.78 is 0. The molecular weight excluding hydrogens is 408 g/mol. The van der Waals surface area contributed by atoms with Crippen LogP contribution in [0.15, 0.2) is 29.1 Å². The summed E-state index contributed by atoms with van der Waals surface area (Å²) in [7, 11) is 0. The van der Waals surface area contributed by atoms with Crippen LogP contribution in [-0.4, -0.2) is 47.1 Å². The number of H-pyrrole nitrogens is 1. The summed E-state index contributed by atoms with van der Waals surface area (Å²) in [4.78, 5) is 26.1. The van der Waals surface area contributed by atoms with Crippen LogP contribution in [0, 0.1) is 5.41 Å². The zero-order chi connectivity index (χ0) is 21.0. The number of benzene rings is 1. The molecular formula is C25H31ClN4O. The van der Waals surface area contributed by atoms with E-state index in [0.717, 1.165) is 74.0 Å². The molecule has 1 saturated heterocycles. The van der Waals surface area contributed by atoms with E-state index in [1.165, 1.54) is 31.4 Å². The summed E-state index contributed by atoms with van der Waals surface area (Å²) in [6, 6.07) is 8.79. The van der Waals surface area contributed by atoms with Crippen molar-refractivity contribution in [2.45, 2.75) is 63.3 Å². The van der Waals surface area contributed by atoms with E-state index in [1.54, 1.807) is 0 Å². The monoisotopic (exact) mass is 438 g/mol. The van der Waals surface area contributed by atoms with Gasteiger partial charge in [-0.2, -0.15) is 0 Å². The molecule has 4 aliphatic rings. The summed E-state index contributed by atoms with van der Waals surface area (Å²) >= 11 is 6.03. The molecule has 2 aromatic rings. The second kappa shape index (κ2) is 7.63. The summed E-state index contributed by atoms with van der Waals surface area (Å²) in [6.07, 6.45) is 9.22. The molecule has 5 nitrogen and oxygen atoms in total. The number of nitrogens with zero attached hydrogens (tertiary/aromatic N) is 3. The molecule has 0 bridgehead atoms. The molecule has 31 heavy (non-hydrogen) atoms. The molecule has 0 unspecified atom stereocenters. The van der Waals surface area contributed by atoms with Crippen molar-refractivity contribution in [2.24, 2.45) is 5.41 Å². The second-order valence-corrected chi connectivity index (χ2v) is 10.7. The maximum Gasteiger partial charge on any atom is 0.254 e. The molecule has 1 aliphatic heterocycles. The molecule has 1 aromatic carbocycles. The predicted octanol–water partition coefficient (Wildman–Crippen LogP) is 4.15. The molecule has 2 saturated carbocycles. The Morgan fingerprint density at radius 2 is 1.81 bits per heavy atom. The highest BCUT2D eigenvalue weighted by molar-refractivity contribution is 6.30. The lowest BCUT2D eigenvalue weighted by Gasteiger charge is -2.39. The van der Waals surface area contributed by atoms with Gasteiger partial charge in [0, 0.05) is 54.4 Å². The van der Waals surface area contributed by atoms with Crippen LogP contribution in [0.1, 0.15) is 61.5 Å². The van der Waals surface area contributed by atoms with Crippen LogP contribution < -0.4 is 10.5 Å². The molecule has 0 amide bonds. The SMILES string of the molecule is O=c1[nH]c([C@@H]2CC[C@@H](N3CCN(c4ccc(Cl)cc4)CC3)C2)nc2c1CC1(CC2)CC1. The van der Waals surface area contributed by atoms with Crippen molar-refractivity contribution in [2.75, 3.05) is 31.1 Å². The van der Waals surface area contributed by atoms with Crippen molar-refractivity contribution in [1.29, 1.82) is 0 Å². The Balaban J connectivity index is 1.09. The van der Waals surface area contributed by atoms with Gasteiger partial charge in [-0.15, -0.1) is 0 Å². The van der Waals surface area contributed by atoms with Crippen LogP contribution >= 0.6 is 11.6 Å². The van der Waals surface area contributed by atoms with Gasteiger partial charge < -0.3 is 9.88 Å². The van der Waals surface area contributed by atoms with Crippen LogP contribution in [-0.2, 0) is 12.8 Å². The third-order valence-electron chi connectivity index (χ3n) is 8.33. The number of piperazine rings is 1. The first-order valence-corrected chi connectivity index (χ1v) is 12.3. The molecule has 3 aliphatic carbocycles. The quantitative estimate of drug-likeness (QED) is 0.782. The lowest BCUT2D eigenvalue weighted by Crippen LogP contribution is -2.49. The number of anilines is 1. The maximum atomic E-state index is 12.8. The lowest BCUT2D eigenvalue weighted by molar-refractivity contribution is 0.186. The number of fused-ring (bicyclic) bond motifs is 1. The van der Waals surface area contributed by atoms with Gasteiger partial charge in [0.2, 0.25) is 0 Å². The fraction of sp³-hybridized carbons (Fsp3) is 0.600. The summed E-state index contributed by atoms with van der Waals surface area (Å²) in [5, 5.41) is 0.792. The maximum absolute atomic E-state index is 12.8. The van der Waals surface area contributed by atoms with Crippen molar-refractivity contribution >= 4 is 17.3 Å². The molecule has 0 radical (unpaired) electrons. The van der Waals surface area contributed by atoms with Gasteiger partial charge in [-0.05, 0) is 81.0 Å². The number of rotatable bonds is 3. The summed E-state index contributed by atoms with van der Waals surface area (Å²) in [5.41, 5.74) is 3.94. The Bertz CT molecular complexity index is 1020. The minimum absolute atomic E-state index is 0.144. The van der Waals surface area contributed by atoms with E-state index in [9.17, 15) is 4.79 Å². The molecule has 6 heteroatoms. The van der Waals surface area contributed by atoms with Crippen LogP contribution in [0.25, 0.3) is 0 Å². The third kappa shape index (κ3) is 3.80. The van der Waals surface area contributed by atoms with E-state index in [2.05, 4.69) is 26.9 Å². The number of aromatic nitrogens is 2. The molecule has 1 aromatic heterocycles. The van der Waals surface area contributed by atoms with E-state index in [0.29, 0.717) is 17.4 Å². The van der Waals surface area contributed by atoms with Gasteiger partial charge >= 0.3 is 0 Å². The molecule has 1 spiro atoms. The number of hydrogen-bond donors (Lipinski definition) is 1. The highest BCUT2D eigenvalue weighted by Gasteiger charge is 2.46. The second-order valence-electron chi connectivity index (χ2n) is 10.2. The predicted molar refractivity (Wildman–Crippen MR) is 124 cm³/mol. The number of halogens is 1. The average molecular weight is 439 g/mol. The van der Waals surface area contributed by atoms with Gasteiger partial charge in [-0.1, -0.05) is 11.6 Å². The van der Waals surface area contributed by atoms with Crippen molar-refractivity contribution in [3.8, 4) is 0 Å². The van der Waals surface area contributed by atoms with Crippen molar-refractivity contribution in [1.82, 2.24) is 14.9 Å². The smallest absolute Gasteiger partial charge is 0.254 e. The van der Waals surface area contributed by atoms with Crippen LogP contribution in [0.5, 0.6) is 0 Å². The fourth-order valence-corrected chi connectivity index (χ4v) is 6.26. The topological polar surface area (TPSA) is 52.2 Å². The van der Waals surface area contributed by atoms with Gasteiger partial charge in [0.25, 0.3) is 5.56 Å². The Kier molecular flexibility index (Phi) is 4.87. The van der Waals surface area contributed by atoms with Crippen LogP contribution in [0.3, 0.4) is 0 Å². The summed E-state index contributed by atoms with van der Waals surface area (Å²) in [6.45, 7) is 4.30. The number of aryl methyl sites for hydroxylation is 1. The zero-order valence-corrected chi connectivity index (χ0v) is 18.8. The molecule has 2 atom stereocenters. The Morgan fingerprint density at radius 1 is 1.03 bits per heavy atom. The molecule has 6 rings (SSSR count). The third-order valence-corrected chi connectivity index (χ3v) is 8.59. The molecule has 164 valence electrons. The first-order chi connectivity index (χ1) is 15.1. The van der Waals surface area contributed by atoms with E-state index >= 15 is 0 Å². The first kappa shape index (κ1) is 19.8. The van der Waals surface area contributed by atoms with E-state index in [-0.39, 0.29) is 5.56 Å². The normalized spacial score (nSPS) is 27.5. The fourth-order valence-electron chi connectivity index (χ4n) is 6.13. The van der Waals surface area contributed by atoms with E-state index in [4.69, 9.17) is 16.6 Å². The summed E-state index contributed by atoms with van der Waals surface area (Å²) in [5.74, 6) is 1.35.